The van der Waals surface area contributed by atoms with E-state index in [2.05, 4.69) is 18.6 Å². The molecular formula is C7H16O2. The Hall–Kier alpha value is -0.370. The summed E-state index contributed by atoms with van der Waals surface area (Å²) in [5.41, 5.74) is 0. The molecule has 0 bridgehead atoms. The summed E-state index contributed by atoms with van der Waals surface area (Å²) < 4.78 is 4.45. The molecule has 0 aliphatic carbocycles. The lowest BCUT2D eigenvalue weighted by Gasteiger charge is -1.84. The molecule has 0 aromatic heterocycles. The highest BCUT2D eigenvalue weighted by Gasteiger charge is 1.83. The third kappa shape index (κ3) is 35.0. The van der Waals surface area contributed by atoms with Gasteiger partial charge < -0.3 is 4.74 Å². The lowest BCUT2D eigenvalue weighted by atomic mass is 10.5. The second-order valence-corrected chi connectivity index (χ2v) is 1.84. The first kappa shape index (κ1) is 11.4. The van der Waals surface area contributed by atoms with Gasteiger partial charge in [0.25, 0.3) is 0 Å². The number of Topliss-reactive ketones (excluding diaryl/α,β-unsaturated/α-hetero) is 1. The van der Waals surface area contributed by atoms with E-state index < -0.39 is 0 Å². The number of carbonyl (C=O) groups excluding carboxylic acids is 1. The third-order valence-electron chi connectivity index (χ3n) is 0.348. The second kappa shape index (κ2) is 10.6. The van der Waals surface area contributed by atoms with Crippen LogP contribution in [0.3, 0.4) is 0 Å². The molecule has 0 aliphatic rings. The van der Waals surface area contributed by atoms with Crippen LogP contribution in [-0.4, -0.2) is 19.5 Å². The fraction of sp³-hybridized carbons (Fsp3) is 0.857. The summed E-state index contributed by atoms with van der Waals surface area (Å²) >= 11 is 0. The van der Waals surface area contributed by atoms with E-state index in [1.807, 2.05) is 0 Å². The summed E-state index contributed by atoms with van der Waals surface area (Å²) in [5, 5.41) is 0. The lowest BCUT2D eigenvalue weighted by molar-refractivity contribution is -0.120. The Morgan fingerprint density at radius 3 is 1.78 bits per heavy atom. The molecule has 0 heterocycles. The summed E-state index contributed by atoms with van der Waals surface area (Å²) in [6.45, 7) is 5.98. The number of hydrogen-bond acceptors (Lipinski definition) is 2. The maximum Gasteiger partial charge on any atom is 0.155 e. The van der Waals surface area contributed by atoms with Crippen LogP contribution in [0.5, 0.6) is 0 Å². The van der Waals surface area contributed by atoms with Crippen LogP contribution < -0.4 is 0 Å². The highest BCUT2D eigenvalue weighted by atomic mass is 16.5. The number of carbonyl (C=O) groups is 1. The topological polar surface area (TPSA) is 26.3 Å². The predicted molar refractivity (Wildman–Crippen MR) is 38.5 cm³/mol. The van der Waals surface area contributed by atoms with E-state index >= 15 is 0 Å². The molecule has 0 saturated carbocycles. The highest BCUT2D eigenvalue weighted by Crippen LogP contribution is 1.65. The van der Waals surface area contributed by atoms with Gasteiger partial charge in [-0.25, -0.2) is 0 Å². The van der Waals surface area contributed by atoms with Crippen LogP contribution in [0.2, 0.25) is 0 Å². The van der Waals surface area contributed by atoms with Gasteiger partial charge in [0.15, 0.2) is 5.78 Å². The highest BCUT2D eigenvalue weighted by molar-refractivity contribution is 5.76. The van der Waals surface area contributed by atoms with E-state index in [0.717, 1.165) is 0 Å². The molecule has 0 saturated heterocycles. The minimum Gasteiger partial charge on any atom is -0.377 e. The maximum atomic E-state index is 9.92. The summed E-state index contributed by atoms with van der Waals surface area (Å²) in [6.07, 6.45) is 1.25. The van der Waals surface area contributed by atoms with Crippen LogP contribution >= 0.6 is 0 Å². The molecule has 0 spiro atoms. The van der Waals surface area contributed by atoms with E-state index in [1.165, 1.54) is 20.5 Å². The standard InChI is InChI=1S/C4H8O2.C3H8/c1-4(5)3-6-2;1-3-2/h3H2,1-2H3;3H2,1-2H3. The second-order valence-electron chi connectivity index (χ2n) is 1.84. The average molecular weight is 132 g/mol. The summed E-state index contributed by atoms with van der Waals surface area (Å²) in [7, 11) is 1.50. The smallest absolute Gasteiger partial charge is 0.155 e. The molecule has 0 aromatic rings. The largest absolute Gasteiger partial charge is 0.377 e. The van der Waals surface area contributed by atoms with Crippen molar-refractivity contribution in [1.82, 2.24) is 0 Å². The van der Waals surface area contributed by atoms with Gasteiger partial charge in [-0.15, -0.1) is 0 Å². The van der Waals surface area contributed by atoms with E-state index in [0.29, 0.717) is 0 Å². The van der Waals surface area contributed by atoms with Crippen molar-refractivity contribution in [2.45, 2.75) is 27.2 Å². The number of ketones is 1. The van der Waals surface area contributed by atoms with Gasteiger partial charge in [0.1, 0.15) is 6.61 Å². The molecule has 56 valence electrons. The molecule has 0 aromatic carbocycles. The molecule has 0 fully saturated rings. The van der Waals surface area contributed by atoms with E-state index in [-0.39, 0.29) is 12.4 Å². The number of rotatable bonds is 2. The molecular weight excluding hydrogens is 116 g/mol. The molecule has 0 rings (SSSR count). The van der Waals surface area contributed by atoms with Crippen LogP contribution in [0.4, 0.5) is 0 Å². The molecule has 0 amide bonds. The average Bonchev–Trinajstić information content (AvgIpc) is 1.67. The quantitative estimate of drug-likeness (QED) is 0.571. The van der Waals surface area contributed by atoms with Crippen molar-refractivity contribution in [3.63, 3.8) is 0 Å². The molecule has 0 aliphatic heterocycles. The minimum atomic E-state index is 0.0671. The van der Waals surface area contributed by atoms with Crippen molar-refractivity contribution in [3.8, 4) is 0 Å². The van der Waals surface area contributed by atoms with Crippen molar-refractivity contribution in [2.75, 3.05) is 13.7 Å². The van der Waals surface area contributed by atoms with Gasteiger partial charge in [0.05, 0.1) is 0 Å². The van der Waals surface area contributed by atoms with Crippen LogP contribution in [0, 0.1) is 0 Å². The lowest BCUT2D eigenvalue weighted by Crippen LogP contribution is -1.98. The first-order chi connectivity index (χ1) is 4.18. The Kier molecular flexibility index (Phi) is 13.4. The van der Waals surface area contributed by atoms with Crippen molar-refractivity contribution in [3.05, 3.63) is 0 Å². The molecule has 0 radical (unpaired) electrons. The van der Waals surface area contributed by atoms with Crippen molar-refractivity contribution in [2.24, 2.45) is 0 Å². The zero-order valence-corrected chi connectivity index (χ0v) is 6.73. The van der Waals surface area contributed by atoms with Gasteiger partial charge in [-0.1, -0.05) is 20.3 Å². The van der Waals surface area contributed by atoms with Crippen LogP contribution in [-0.2, 0) is 9.53 Å². The fourth-order valence-corrected chi connectivity index (χ4v) is 0.203. The molecule has 0 N–H and O–H groups in total. The Morgan fingerprint density at radius 1 is 1.44 bits per heavy atom. The Morgan fingerprint density at radius 2 is 1.78 bits per heavy atom. The van der Waals surface area contributed by atoms with Crippen LogP contribution in [0.15, 0.2) is 0 Å². The Balaban J connectivity index is 0. The van der Waals surface area contributed by atoms with Crippen molar-refractivity contribution in [1.29, 1.82) is 0 Å². The predicted octanol–water partition coefficient (Wildman–Crippen LogP) is 1.64. The number of hydrogen-bond donors (Lipinski definition) is 0. The van der Waals surface area contributed by atoms with Crippen LogP contribution in [0.1, 0.15) is 27.2 Å². The fourth-order valence-electron chi connectivity index (χ4n) is 0.203. The minimum absolute atomic E-state index is 0.0671. The van der Waals surface area contributed by atoms with Gasteiger partial charge in [0.2, 0.25) is 0 Å². The summed E-state index contributed by atoms with van der Waals surface area (Å²) in [4.78, 5) is 9.92. The van der Waals surface area contributed by atoms with Gasteiger partial charge in [-0.05, 0) is 6.92 Å². The molecule has 2 heteroatoms. The van der Waals surface area contributed by atoms with Gasteiger partial charge in [0, 0.05) is 7.11 Å². The third-order valence-corrected chi connectivity index (χ3v) is 0.348. The summed E-state index contributed by atoms with van der Waals surface area (Å²) in [5.74, 6) is 0.0671. The van der Waals surface area contributed by atoms with Crippen LogP contribution in [0.25, 0.3) is 0 Å². The zero-order chi connectivity index (χ0) is 7.70. The van der Waals surface area contributed by atoms with Gasteiger partial charge in [-0.2, -0.15) is 0 Å². The van der Waals surface area contributed by atoms with Crippen molar-refractivity contribution >= 4 is 5.78 Å². The maximum absolute atomic E-state index is 9.92. The molecule has 9 heavy (non-hydrogen) atoms. The SMILES string of the molecule is CCC.COCC(C)=O. The van der Waals surface area contributed by atoms with Crippen molar-refractivity contribution < 1.29 is 9.53 Å². The molecule has 2 nitrogen and oxygen atoms in total. The van der Waals surface area contributed by atoms with E-state index in [4.69, 9.17) is 0 Å². The van der Waals surface area contributed by atoms with Gasteiger partial charge >= 0.3 is 0 Å². The molecule has 0 unspecified atom stereocenters. The Bertz CT molecular complexity index is 59.9. The first-order valence-electron chi connectivity index (χ1n) is 3.17. The van der Waals surface area contributed by atoms with Gasteiger partial charge in [-0.3, -0.25) is 4.79 Å². The number of methoxy groups -OCH3 is 1. The first-order valence-corrected chi connectivity index (χ1v) is 3.17. The van der Waals surface area contributed by atoms with E-state index in [1.54, 1.807) is 0 Å². The monoisotopic (exact) mass is 132 g/mol. The Labute approximate surface area is 57.2 Å². The summed E-state index contributed by atoms with van der Waals surface area (Å²) in [6, 6.07) is 0. The zero-order valence-electron chi connectivity index (χ0n) is 6.73. The van der Waals surface area contributed by atoms with E-state index in [9.17, 15) is 4.79 Å². The molecule has 0 atom stereocenters. The normalized spacial score (nSPS) is 7.56. The number of ether oxygens (including phenoxy) is 1.